The van der Waals surface area contributed by atoms with Crippen molar-refractivity contribution in [2.45, 2.75) is 0 Å². The molecule has 6 heteroatoms. The Balaban J connectivity index is 2.64. The summed E-state index contributed by atoms with van der Waals surface area (Å²) in [5.41, 5.74) is 0.584. The van der Waals surface area contributed by atoms with Gasteiger partial charge in [0.2, 0.25) is 0 Å². The summed E-state index contributed by atoms with van der Waals surface area (Å²) < 4.78 is 20.2. The van der Waals surface area contributed by atoms with Gasteiger partial charge in [-0.25, -0.2) is 8.42 Å². The Bertz CT molecular complexity index is 365. The van der Waals surface area contributed by atoms with E-state index in [0.29, 0.717) is 10.7 Å². The average molecular weight is 219 g/mol. The Hall–Kier alpha value is -0.940. The van der Waals surface area contributed by atoms with Crippen LogP contribution in [-0.4, -0.2) is 14.3 Å². The third-order valence-electron chi connectivity index (χ3n) is 1.19. The van der Waals surface area contributed by atoms with Crippen molar-refractivity contribution in [2.75, 3.05) is 5.88 Å². The highest BCUT2D eigenvalue weighted by molar-refractivity contribution is 7.72. The van der Waals surface area contributed by atoms with E-state index < -0.39 is 10.7 Å². The second kappa shape index (κ2) is 4.94. The van der Waals surface area contributed by atoms with Gasteiger partial charge in [0.1, 0.15) is 0 Å². The average Bonchev–Trinajstić information content (AvgIpc) is 2.08. The first-order chi connectivity index (χ1) is 6.18. The lowest BCUT2D eigenvalue weighted by molar-refractivity contribution is 0.614. The summed E-state index contributed by atoms with van der Waals surface area (Å²) in [7, 11) is -2.49. The molecule has 1 aromatic rings. The van der Waals surface area contributed by atoms with Crippen LogP contribution in [0.5, 0.6) is 0 Å². The van der Waals surface area contributed by atoms with Crippen molar-refractivity contribution >= 4 is 28.0 Å². The SMILES string of the molecule is O=[SH](=O)CN=Nc1ccc(Cl)cc1. The summed E-state index contributed by atoms with van der Waals surface area (Å²) >= 11 is 5.63. The third-order valence-corrected chi connectivity index (χ3v) is 1.80. The van der Waals surface area contributed by atoms with Crippen molar-refractivity contribution in [1.29, 1.82) is 0 Å². The van der Waals surface area contributed by atoms with Crippen LogP contribution >= 0.6 is 11.6 Å². The van der Waals surface area contributed by atoms with Crippen LogP contribution in [0.4, 0.5) is 5.69 Å². The minimum atomic E-state index is -2.49. The highest BCUT2D eigenvalue weighted by Gasteiger charge is 1.89. The maximum atomic E-state index is 10.1. The molecule has 13 heavy (non-hydrogen) atoms. The molecular weight excluding hydrogens is 212 g/mol. The summed E-state index contributed by atoms with van der Waals surface area (Å²) in [6.45, 7) is 0. The van der Waals surface area contributed by atoms with Crippen molar-refractivity contribution in [1.82, 2.24) is 0 Å². The zero-order valence-electron chi connectivity index (χ0n) is 6.55. The number of thiol groups is 1. The topological polar surface area (TPSA) is 58.9 Å². The summed E-state index contributed by atoms with van der Waals surface area (Å²) in [5, 5.41) is 7.73. The van der Waals surface area contributed by atoms with Gasteiger partial charge in [0.25, 0.3) is 0 Å². The van der Waals surface area contributed by atoms with Crippen LogP contribution in [0.15, 0.2) is 34.5 Å². The van der Waals surface area contributed by atoms with Gasteiger partial charge in [0.05, 0.1) is 5.69 Å². The monoisotopic (exact) mass is 218 g/mol. The number of hydrogen-bond donors (Lipinski definition) is 1. The lowest BCUT2D eigenvalue weighted by Gasteiger charge is -1.90. The fourth-order valence-electron chi connectivity index (χ4n) is 0.673. The standard InChI is InChI=1S/C7H7ClN2O2S/c8-6-1-3-7(4-2-6)10-9-5-13(11)12/h1-4,13H,5H2. The lowest BCUT2D eigenvalue weighted by atomic mass is 10.3. The van der Waals surface area contributed by atoms with Crippen molar-refractivity contribution in [3.8, 4) is 0 Å². The van der Waals surface area contributed by atoms with E-state index >= 15 is 0 Å². The smallest absolute Gasteiger partial charge is 0.162 e. The molecule has 0 amide bonds. The van der Waals surface area contributed by atoms with Crippen molar-refractivity contribution in [3.63, 3.8) is 0 Å². The molecule has 0 aliphatic carbocycles. The predicted octanol–water partition coefficient (Wildman–Crippen LogP) is 1.99. The largest absolute Gasteiger partial charge is 0.230 e. The fraction of sp³-hybridized carbons (Fsp3) is 0.143. The van der Waals surface area contributed by atoms with E-state index in [1.54, 1.807) is 24.3 Å². The minimum Gasteiger partial charge on any atom is -0.230 e. The van der Waals surface area contributed by atoms with Gasteiger partial charge in [-0.2, -0.15) is 10.2 Å². The Kier molecular flexibility index (Phi) is 3.85. The number of rotatable bonds is 3. The molecule has 1 rings (SSSR count). The van der Waals surface area contributed by atoms with E-state index in [0.717, 1.165) is 0 Å². The second-order valence-electron chi connectivity index (χ2n) is 2.19. The Morgan fingerprint density at radius 3 is 2.38 bits per heavy atom. The van der Waals surface area contributed by atoms with Gasteiger partial charge in [-0.1, -0.05) is 11.6 Å². The van der Waals surface area contributed by atoms with Gasteiger partial charge in [-0.15, -0.1) is 0 Å². The van der Waals surface area contributed by atoms with E-state index in [1.165, 1.54) is 0 Å². The zero-order valence-corrected chi connectivity index (χ0v) is 8.20. The van der Waals surface area contributed by atoms with Crippen LogP contribution in [0.25, 0.3) is 0 Å². The number of nitrogens with zero attached hydrogens (tertiary/aromatic N) is 2. The molecule has 0 aliphatic heterocycles. The number of azo groups is 1. The van der Waals surface area contributed by atoms with Gasteiger partial charge >= 0.3 is 0 Å². The lowest BCUT2D eigenvalue weighted by Crippen LogP contribution is -1.78. The quantitative estimate of drug-likeness (QED) is 0.623. The molecule has 0 radical (unpaired) electrons. The van der Waals surface area contributed by atoms with Crippen LogP contribution in [0.3, 0.4) is 0 Å². The molecule has 4 nitrogen and oxygen atoms in total. The maximum Gasteiger partial charge on any atom is 0.162 e. The second-order valence-corrected chi connectivity index (χ2v) is 3.58. The molecule has 0 bridgehead atoms. The molecule has 0 heterocycles. The molecule has 0 N–H and O–H groups in total. The first-order valence-corrected chi connectivity index (χ1v) is 5.17. The molecule has 0 spiro atoms. The summed E-state index contributed by atoms with van der Waals surface area (Å²) in [6, 6.07) is 6.63. The van der Waals surface area contributed by atoms with E-state index in [9.17, 15) is 8.42 Å². The first-order valence-electron chi connectivity index (χ1n) is 3.43. The summed E-state index contributed by atoms with van der Waals surface area (Å²) in [4.78, 5) is 0. The van der Waals surface area contributed by atoms with Gasteiger partial charge in [0, 0.05) is 5.02 Å². The van der Waals surface area contributed by atoms with Gasteiger partial charge in [-0.05, 0) is 24.3 Å². The molecule has 0 atom stereocenters. The van der Waals surface area contributed by atoms with Crippen LogP contribution in [0.2, 0.25) is 5.02 Å². The number of hydrogen-bond acceptors (Lipinski definition) is 4. The van der Waals surface area contributed by atoms with Crippen molar-refractivity contribution in [2.24, 2.45) is 10.2 Å². The normalized spacial score (nSPS) is 11.2. The Morgan fingerprint density at radius 2 is 1.85 bits per heavy atom. The van der Waals surface area contributed by atoms with E-state index in [4.69, 9.17) is 11.6 Å². The Morgan fingerprint density at radius 1 is 1.23 bits per heavy atom. The van der Waals surface area contributed by atoms with Crippen LogP contribution in [0.1, 0.15) is 0 Å². The highest BCUT2D eigenvalue weighted by atomic mass is 35.5. The summed E-state index contributed by atoms with van der Waals surface area (Å²) in [5.74, 6) is -0.280. The van der Waals surface area contributed by atoms with Crippen molar-refractivity contribution < 1.29 is 8.42 Å². The van der Waals surface area contributed by atoms with Gasteiger partial charge < -0.3 is 0 Å². The minimum absolute atomic E-state index is 0.280. The molecule has 0 aromatic heterocycles. The van der Waals surface area contributed by atoms with Crippen LogP contribution < -0.4 is 0 Å². The van der Waals surface area contributed by atoms with Crippen molar-refractivity contribution in [3.05, 3.63) is 29.3 Å². The predicted molar refractivity (Wildman–Crippen MR) is 51.1 cm³/mol. The van der Waals surface area contributed by atoms with Crippen LogP contribution in [0, 0.1) is 0 Å². The molecule has 0 saturated carbocycles. The molecule has 0 fully saturated rings. The summed E-state index contributed by atoms with van der Waals surface area (Å²) in [6.07, 6.45) is 0. The van der Waals surface area contributed by atoms with E-state index in [-0.39, 0.29) is 5.88 Å². The molecule has 0 saturated heterocycles. The third kappa shape index (κ3) is 4.00. The number of halogens is 1. The fourth-order valence-corrected chi connectivity index (χ4v) is 0.965. The van der Waals surface area contributed by atoms with E-state index in [2.05, 4.69) is 10.2 Å². The number of benzene rings is 1. The molecule has 0 unspecified atom stereocenters. The molecular formula is C7H7ClN2O2S. The molecule has 0 aliphatic rings. The Labute approximate surface area is 82.2 Å². The van der Waals surface area contributed by atoms with Gasteiger partial charge in [-0.3, -0.25) is 0 Å². The maximum absolute atomic E-state index is 10.1. The van der Waals surface area contributed by atoms with Gasteiger partial charge in [0.15, 0.2) is 16.6 Å². The highest BCUT2D eigenvalue weighted by Crippen LogP contribution is 2.16. The zero-order chi connectivity index (χ0) is 9.68. The molecule has 70 valence electrons. The molecule has 1 aromatic carbocycles. The van der Waals surface area contributed by atoms with Crippen LogP contribution in [-0.2, 0) is 10.7 Å². The van der Waals surface area contributed by atoms with E-state index in [1.807, 2.05) is 0 Å². The first kappa shape index (κ1) is 10.1.